The van der Waals surface area contributed by atoms with Crippen molar-refractivity contribution in [3.05, 3.63) is 0 Å². The van der Waals surface area contributed by atoms with Crippen LogP contribution in [0, 0.1) is 11.8 Å². The number of amides is 1. The maximum absolute atomic E-state index is 12.1. The van der Waals surface area contributed by atoms with Crippen molar-refractivity contribution in [3.63, 3.8) is 0 Å². The van der Waals surface area contributed by atoms with Crippen molar-refractivity contribution < 1.29 is 4.79 Å². The third-order valence-corrected chi connectivity index (χ3v) is 4.48. The van der Waals surface area contributed by atoms with Gasteiger partial charge in [-0.3, -0.25) is 4.79 Å². The molecule has 3 N–H and O–H groups in total. The van der Waals surface area contributed by atoms with E-state index in [0.717, 1.165) is 38.1 Å². The van der Waals surface area contributed by atoms with Gasteiger partial charge in [0.1, 0.15) is 0 Å². The third kappa shape index (κ3) is 3.70. The van der Waals surface area contributed by atoms with Crippen LogP contribution >= 0.6 is 0 Å². The van der Waals surface area contributed by atoms with Crippen LogP contribution in [-0.4, -0.2) is 18.5 Å². The van der Waals surface area contributed by atoms with Gasteiger partial charge < -0.3 is 11.1 Å². The average Bonchev–Trinajstić information content (AvgIpc) is 2.46. The van der Waals surface area contributed by atoms with Gasteiger partial charge in [0.25, 0.3) is 0 Å². The maximum Gasteiger partial charge on any atom is 0.224 e. The van der Waals surface area contributed by atoms with Crippen molar-refractivity contribution in [3.8, 4) is 0 Å². The van der Waals surface area contributed by atoms with E-state index in [1.807, 2.05) is 0 Å². The molecule has 1 amide bonds. The summed E-state index contributed by atoms with van der Waals surface area (Å²) in [5, 5.41) is 3.09. The van der Waals surface area contributed by atoms with Gasteiger partial charge in [0.2, 0.25) is 5.91 Å². The Morgan fingerprint density at radius 3 is 2.53 bits per heavy atom. The highest BCUT2D eigenvalue weighted by molar-refractivity contribution is 5.79. The molecule has 0 heterocycles. The lowest BCUT2D eigenvalue weighted by Gasteiger charge is -2.26. The normalized spacial score (nSPS) is 30.4. The summed E-state index contributed by atoms with van der Waals surface area (Å²) in [6, 6.07) is 0.0844. The minimum Gasteiger partial charge on any atom is -0.356 e. The number of hydrogen-bond donors (Lipinski definition) is 2. The van der Waals surface area contributed by atoms with Gasteiger partial charge in [-0.25, -0.2) is 0 Å². The van der Waals surface area contributed by atoms with Crippen molar-refractivity contribution in [2.24, 2.45) is 17.6 Å². The van der Waals surface area contributed by atoms with E-state index in [2.05, 4.69) is 5.32 Å². The van der Waals surface area contributed by atoms with Gasteiger partial charge >= 0.3 is 0 Å². The van der Waals surface area contributed by atoms with E-state index in [0.29, 0.717) is 0 Å². The monoisotopic (exact) mass is 238 g/mol. The molecule has 2 fully saturated rings. The first-order valence-electron chi connectivity index (χ1n) is 7.30. The molecule has 0 aliphatic heterocycles. The van der Waals surface area contributed by atoms with E-state index in [9.17, 15) is 4.79 Å². The van der Waals surface area contributed by atoms with Crippen LogP contribution in [0.25, 0.3) is 0 Å². The van der Waals surface area contributed by atoms with Gasteiger partial charge in [0, 0.05) is 12.6 Å². The molecule has 0 radical (unpaired) electrons. The molecule has 2 aliphatic carbocycles. The number of hydrogen-bond acceptors (Lipinski definition) is 2. The number of nitrogens with two attached hydrogens (primary N) is 1. The molecule has 0 aromatic rings. The molecule has 0 aromatic carbocycles. The summed E-state index contributed by atoms with van der Waals surface area (Å²) < 4.78 is 0. The van der Waals surface area contributed by atoms with Crippen molar-refractivity contribution in [2.45, 2.75) is 63.8 Å². The SMILES string of the molecule is NC1CCCCCC1C(=O)NCCC1CCC1. The molecule has 0 aromatic heterocycles. The third-order valence-electron chi connectivity index (χ3n) is 4.48. The zero-order chi connectivity index (χ0) is 12.1. The lowest BCUT2D eigenvalue weighted by atomic mass is 9.83. The standard InChI is InChI=1S/C14H26N2O/c15-13-8-3-1-2-7-12(13)14(17)16-10-9-11-5-4-6-11/h11-13H,1-10,15H2,(H,16,17). The summed E-state index contributed by atoms with van der Waals surface area (Å²) in [6.07, 6.45) is 10.8. The summed E-state index contributed by atoms with van der Waals surface area (Å²) in [4.78, 5) is 12.1. The van der Waals surface area contributed by atoms with Crippen molar-refractivity contribution in [2.75, 3.05) is 6.54 Å². The summed E-state index contributed by atoms with van der Waals surface area (Å²) in [5.74, 6) is 1.15. The predicted octanol–water partition coefficient (Wildman–Crippen LogP) is 2.20. The highest BCUT2D eigenvalue weighted by Gasteiger charge is 2.27. The van der Waals surface area contributed by atoms with Crippen molar-refractivity contribution in [1.29, 1.82) is 0 Å². The second-order valence-corrected chi connectivity index (χ2v) is 5.78. The molecule has 0 bridgehead atoms. The highest BCUT2D eigenvalue weighted by atomic mass is 16.1. The number of nitrogens with one attached hydrogen (secondary N) is 1. The lowest BCUT2D eigenvalue weighted by molar-refractivity contribution is -0.125. The minimum atomic E-state index is 0.0684. The molecule has 2 atom stereocenters. The fraction of sp³-hybridized carbons (Fsp3) is 0.929. The van der Waals surface area contributed by atoms with E-state index >= 15 is 0 Å². The van der Waals surface area contributed by atoms with E-state index in [4.69, 9.17) is 5.73 Å². The fourth-order valence-electron chi connectivity index (χ4n) is 2.97. The first kappa shape index (κ1) is 12.9. The van der Waals surface area contributed by atoms with Crippen LogP contribution in [0.5, 0.6) is 0 Å². The zero-order valence-electron chi connectivity index (χ0n) is 10.8. The Labute approximate surface area is 105 Å². The predicted molar refractivity (Wildman–Crippen MR) is 69.5 cm³/mol. The summed E-state index contributed by atoms with van der Waals surface area (Å²) in [7, 11) is 0. The Kier molecular flexibility index (Phi) is 4.84. The minimum absolute atomic E-state index is 0.0684. The number of rotatable bonds is 4. The quantitative estimate of drug-likeness (QED) is 0.738. The van der Waals surface area contributed by atoms with E-state index in [1.54, 1.807) is 0 Å². The molecule has 98 valence electrons. The zero-order valence-corrected chi connectivity index (χ0v) is 10.8. The Hall–Kier alpha value is -0.570. The largest absolute Gasteiger partial charge is 0.356 e. The van der Waals surface area contributed by atoms with Gasteiger partial charge in [-0.15, -0.1) is 0 Å². The number of carbonyl (C=O) groups is 1. The second-order valence-electron chi connectivity index (χ2n) is 5.78. The van der Waals surface area contributed by atoms with Crippen LogP contribution in [0.3, 0.4) is 0 Å². The molecule has 17 heavy (non-hydrogen) atoms. The topological polar surface area (TPSA) is 55.1 Å². The molecule has 0 saturated heterocycles. The summed E-state index contributed by atoms with van der Waals surface area (Å²) in [5.41, 5.74) is 6.09. The van der Waals surface area contributed by atoms with E-state index in [1.165, 1.54) is 32.1 Å². The molecule has 3 nitrogen and oxygen atoms in total. The number of carbonyl (C=O) groups excluding carboxylic acids is 1. The van der Waals surface area contributed by atoms with Crippen LogP contribution in [0.4, 0.5) is 0 Å². The van der Waals surface area contributed by atoms with Gasteiger partial charge in [-0.2, -0.15) is 0 Å². The maximum atomic E-state index is 12.1. The van der Waals surface area contributed by atoms with Gasteiger partial charge in [-0.05, 0) is 25.2 Å². The van der Waals surface area contributed by atoms with Crippen LogP contribution in [0.15, 0.2) is 0 Å². The first-order chi connectivity index (χ1) is 8.27. The van der Waals surface area contributed by atoms with Crippen LogP contribution in [0.1, 0.15) is 57.8 Å². The van der Waals surface area contributed by atoms with Crippen molar-refractivity contribution in [1.82, 2.24) is 5.32 Å². The Morgan fingerprint density at radius 2 is 1.82 bits per heavy atom. The summed E-state index contributed by atoms with van der Waals surface area (Å²) in [6.45, 7) is 0.854. The van der Waals surface area contributed by atoms with Crippen LogP contribution in [0.2, 0.25) is 0 Å². The van der Waals surface area contributed by atoms with Crippen LogP contribution < -0.4 is 11.1 Å². The Balaban J connectivity index is 1.69. The van der Waals surface area contributed by atoms with E-state index in [-0.39, 0.29) is 17.9 Å². The molecule has 0 spiro atoms. The molecule has 2 aliphatic rings. The van der Waals surface area contributed by atoms with E-state index < -0.39 is 0 Å². The smallest absolute Gasteiger partial charge is 0.224 e. The van der Waals surface area contributed by atoms with Gasteiger partial charge in [0.15, 0.2) is 0 Å². The van der Waals surface area contributed by atoms with Gasteiger partial charge in [0.05, 0.1) is 5.92 Å². The highest BCUT2D eigenvalue weighted by Crippen LogP contribution is 2.29. The molecular weight excluding hydrogens is 212 g/mol. The molecule has 2 unspecified atom stereocenters. The molecule has 2 saturated carbocycles. The molecule has 2 rings (SSSR count). The fourth-order valence-corrected chi connectivity index (χ4v) is 2.97. The molecule has 3 heteroatoms. The Morgan fingerprint density at radius 1 is 1.06 bits per heavy atom. The van der Waals surface area contributed by atoms with Gasteiger partial charge in [-0.1, -0.05) is 38.5 Å². The second kappa shape index (κ2) is 6.39. The molecular formula is C14H26N2O. The van der Waals surface area contributed by atoms with Crippen molar-refractivity contribution >= 4 is 5.91 Å². The lowest BCUT2D eigenvalue weighted by Crippen LogP contribution is -2.42. The first-order valence-corrected chi connectivity index (χ1v) is 7.30. The Bertz CT molecular complexity index is 251. The summed E-state index contributed by atoms with van der Waals surface area (Å²) >= 11 is 0. The average molecular weight is 238 g/mol. The van der Waals surface area contributed by atoms with Crippen LogP contribution in [-0.2, 0) is 4.79 Å².